The number of H-pyrrole nitrogens is 1. The molecule has 2 aromatic heterocycles. The highest BCUT2D eigenvalue weighted by Gasteiger charge is 2.16. The molecule has 0 fully saturated rings. The number of carbonyl (C=O) groups is 1. The first kappa shape index (κ1) is 15.1. The number of aromatic nitrogens is 1. The Hall–Kier alpha value is -2.79. The summed E-state index contributed by atoms with van der Waals surface area (Å²) in [6.45, 7) is 1.51. The first-order chi connectivity index (χ1) is 11.0. The molecular weight excluding hydrogens is 318 g/mol. The van der Waals surface area contributed by atoms with Crippen molar-refractivity contribution in [1.29, 1.82) is 0 Å². The Morgan fingerprint density at radius 3 is 2.87 bits per heavy atom. The van der Waals surface area contributed by atoms with Crippen LogP contribution in [-0.4, -0.2) is 15.9 Å². The van der Waals surface area contributed by atoms with E-state index >= 15 is 0 Å². The van der Waals surface area contributed by atoms with Gasteiger partial charge in [0.05, 0.1) is 0 Å². The minimum Gasteiger partial charge on any atom is -0.507 e. The van der Waals surface area contributed by atoms with E-state index in [-0.39, 0.29) is 11.3 Å². The van der Waals surface area contributed by atoms with Crippen molar-refractivity contribution in [3.8, 4) is 5.75 Å². The molecule has 2 heterocycles. The number of aromatic hydroxyl groups is 1. The van der Waals surface area contributed by atoms with Crippen molar-refractivity contribution in [2.45, 2.75) is 6.92 Å². The fourth-order valence-electron chi connectivity index (χ4n) is 2.32. The van der Waals surface area contributed by atoms with E-state index in [9.17, 15) is 14.7 Å². The van der Waals surface area contributed by atoms with Crippen LogP contribution in [0.4, 0.5) is 0 Å². The molecule has 0 amide bonds. The second-order valence-electron chi connectivity index (χ2n) is 5.04. The normalized spacial score (nSPS) is 11.4. The quantitative estimate of drug-likeness (QED) is 0.567. The topological polar surface area (TPSA) is 83.3 Å². The molecular formula is C17H12ClNO4. The number of carbonyl (C=O) groups excluding carboxylic acids is 1. The zero-order valence-electron chi connectivity index (χ0n) is 12.1. The molecule has 0 spiro atoms. The molecule has 23 heavy (non-hydrogen) atoms. The number of rotatable bonds is 3. The number of nitrogens with one attached hydrogen (secondary N) is 1. The number of aromatic amines is 1. The highest BCUT2D eigenvalue weighted by atomic mass is 35.5. The van der Waals surface area contributed by atoms with Crippen molar-refractivity contribution in [2.75, 3.05) is 0 Å². The summed E-state index contributed by atoms with van der Waals surface area (Å²) in [4.78, 5) is 26.9. The van der Waals surface area contributed by atoms with E-state index in [2.05, 4.69) is 4.98 Å². The van der Waals surface area contributed by atoms with E-state index in [0.717, 1.165) is 16.5 Å². The van der Waals surface area contributed by atoms with Gasteiger partial charge in [0.15, 0.2) is 5.78 Å². The van der Waals surface area contributed by atoms with Crippen LogP contribution in [-0.2, 0) is 0 Å². The smallest absolute Gasteiger partial charge is 0.351 e. The lowest BCUT2D eigenvalue weighted by Gasteiger charge is -1.99. The van der Waals surface area contributed by atoms with Gasteiger partial charge in [-0.3, -0.25) is 4.79 Å². The molecule has 116 valence electrons. The summed E-state index contributed by atoms with van der Waals surface area (Å²) in [5, 5.41) is 11.2. The summed E-state index contributed by atoms with van der Waals surface area (Å²) >= 11 is 5.97. The van der Waals surface area contributed by atoms with Crippen LogP contribution in [0, 0.1) is 6.92 Å². The Balaban J connectivity index is 1.98. The van der Waals surface area contributed by atoms with Gasteiger partial charge in [-0.25, -0.2) is 4.79 Å². The van der Waals surface area contributed by atoms with E-state index < -0.39 is 17.2 Å². The number of ketones is 1. The average molecular weight is 330 g/mol. The van der Waals surface area contributed by atoms with Gasteiger partial charge in [0.1, 0.15) is 17.1 Å². The van der Waals surface area contributed by atoms with Crippen molar-refractivity contribution in [3.05, 3.63) is 68.9 Å². The van der Waals surface area contributed by atoms with Crippen molar-refractivity contribution in [3.63, 3.8) is 0 Å². The van der Waals surface area contributed by atoms with Gasteiger partial charge >= 0.3 is 5.63 Å². The van der Waals surface area contributed by atoms with Gasteiger partial charge < -0.3 is 14.5 Å². The maximum absolute atomic E-state index is 12.2. The third-order valence-electron chi connectivity index (χ3n) is 3.39. The Morgan fingerprint density at radius 1 is 1.35 bits per heavy atom. The molecule has 5 nitrogen and oxygen atoms in total. The van der Waals surface area contributed by atoms with Crippen LogP contribution >= 0.6 is 11.6 Å². The average Bonchev–Trinajstić information content (AvgIpc) is 2.86. The van der Waals surface area contributed by atoms with Gasteiger partial charge in [0.2, 0.25) is 0 Å². The van der Waals surface area contributed by atoms with Gasteiger partial charge in [0, 0.05) is 28.2 Å². The summed E-state index contributed by atoms with van der Waals surface area (Å²) in [6.07, 6.45) is 4.49. The third kappa shape index (κ3) is 2.91. The highest BCUT2D eigenvalue weighted by molar-refractivity contribution is 6.31. The largest absolute Gasteiger partial charge is 0.507 e. The van der Waals surface area contributed by atoms with E-state index in [1.165, 1.54) is 19.1 Å². The van der Waals surface area contributed by atoms with Crippen LogP contribution < -0.4 is 5.63 Å². The van der Waals surface area contributed by atoms with Gasteiger partial charge in [-0.1, -0.05) is 11.6 Å². The summed E-state index contributed by atoms with van der Waals surface area (Å²) in [5.41, 5.74) is 0.370. The molecule has 0 saturated heterocycles. The van der Waals surface area contributed by atoms with Crippen LogP contribution in [0.25, 0.3) is 17.0 Å². The van der Waals surface area contributed by atoms with E-state index in [0.29, 0.717) is 5.02 Å². The maximum atomic E-state index is 12.2. The summed E-state index contributed by atoms with van der Waals surface area (Å²) in [5.74, 6) is -0.790. The van der Waals surface area contributed by atoms with E-state index in [1.54, 1.807) is 24.4 Å². The molecule has 1 aromatic carbocycles. The van der Waals surface area contributed by atoms with Crippen LogP contribution in [0.5, 0.6) is 5.75 Å². The zero-order chi connectivity index (χ0) is 16.6. The minimum atomic E-state index is -0.862. The lowest BCUT2D eigenvalue weighted by Crippen LogP contribution is -2.12. The number of benzene rings is 1. The Morgan fingerprint density at radius 2 is 2.13 bits per heavy atom. The van der Waals surface area contributed by atoms with Crippen LogP contribution in [0.2, 0.25) is 5.02 Å². The molecule has 6 heteroatoms. The van der Waals surface area contributed by atoms with Gasteiger partial charge in [-0.15, -0.1) is 0 Å². The van der Waals surface area contributed by atoms with Crippen molar-refractivity contribution < 1.29 is 14.3 Å². The Bertz CT molecular complexity index is 997. The molecule has 3 aromatic rings. The highest BCUT2D eigenvalue weighted by Crippen LogP contribution is 2.23. The second-order valence-corrected chi connectivity index (χ2v) is 5.47. The van der Waals surface area contributed by atoms with Gasteiger partial charge in [0.25, 0.3) is 0 Å². The molecule has 0 aliphatic carbocycles. The summed E-state index contributed by atoms with van der Waals surface area (Å²) in [6, 6.07) is 6.59. The van der Waals surface area contributed by atoms with E-state index in [1.807, 2.05) is 6.07 Å². The number of hydrogen-bond donors (Lipinski definition) is 2. The molecule has 0 bridgehead atoms. The van der Waals surface area contributed by atoms with Crippen molar-refractivity contribution in [1.82, 2.24) is 4.98 Å². The molecule has 0 aliphatic rings. The number of fused-ring (bicyclic) bond motifs is 1. The van der Waals surface area contributed by atoms with Crippen LogP contribution in [0.15, 0.2) is 45.8 Å². The summed E-state index contributed by atoms with van der Waals surface area (Å²) in [7, 11) is 0. The molecule has 0 atom stereocenters. The zero-order valence-corrected chi connectivity index (χ0v) is 12.8. The minimum absolute atomic E-state index is 0.235. The molecule has 0 unspecified atom stereocenters. The Kier molecular flexibility index (Phi) is 3.80. The summed E-state index contributed by atoms with van der Waals surface area (Å²) < 4.78 is 4.84. The number of halogens is 1. The van der Waals surface area contributed by atoms with E-state index in [4.69, 9.17) is 16.0 Å². The SMILES string of the molecule is Cc1cc(O)c(C(=O)C=Cc2c[nH]c3ccc(Cl)cc23)c(=O)o1. The fraction of sp³-hybridized carbons (Fsp3) is 0.0588. The van der Waals surface area contributed by atoms with Crippen LogP contribution in [0.1, 0.15) is 21.7 Å². The van der Waals surface area contributed by atoms with Crippen molar-refractivity contribution >= 4 is 34.4 Å². The monoisotopic (exact) mass is 329 g/mol. The van der Waals surface area contributed by atoms with Crippen molar-refractivity contribution in [2.24, 2.45) is 0 Å². The molecule has 0 saturated carbocycles. The first-order valence-corrected chi connectivity index (χ1v) is 7.16. The molecule has 3 rings (SSSR count). The molecule has 2 N–H and O–H groups in total. The van der Waals surface area contributed by atoms with Gasteiger partial charge in [-0.05, 0) is 42.8 Å². The molecule has 0 aliphatic heterocycles. The Labute approximate surface area is 135 Å². The molecule has 0 radical (unpaired) electrons. The fourth-order valence-corrected chi connectivity index (χ4v) is 2.50. The van der Waals surface area contributed by atoms with Crippen LogP contribution in [0.3, 0.4) is 0 Å². The predicted octanol–water partition coefficient (Wildman–Crippen LogP) is 3.68. The third-order valence-corrected chi connectivity index (χ3v) is 3.63. The second kappa shape index (κ2) is 5.78. The lowest BCUT2D eigenvalue weighted by atomic mass is 10.1. The maximum Gasteiger partial charge on any atom is 0.351 e. The lowest BCUT2D eigenvalue weighted by molar-refractivity contribution is 0.104. The number of allylic oxidation sites excluding steroid dienone is 1. The number of aryl methyl sites for hydroxylation is 1. The standard InChI is InChI=1S/C17H12ClNO4/c1-9-6-15(21)16(17(22)23-9)14(20)5-2-10-8-19-13-4-3-11(18)7-12(10)13/h2-8,19,21H,1H3. The first-order valence-electron chi connectivity index (χ1n) is 6.78. The number of hydrogen-bond acceptors (Lipinski definition) is 4. The van der Waals surface area contributed by atoms with Gasteiger partial charge in [-0.2, -0.15) is 0 Å². The predicted molar refractivity (Wildman–Crippen MR) is 88.1 cm³/mol.